The zero-order chi connectivity index (χ0) is 21.1. The predicted octanol–water partition coefficient (Wildman–Crippen LogP) is 3.43. The number of ether oxygens (including phenoxy) is 1. The van der Waals surface area contributed by atoms with Crippen molar-refractivity contribution in [3.05, 3.63) is 63.3 Å². The fourth-order valence-corrected chi connectivity index (χ4v) is 3.36. The van der Waals surface area contributed by atoms with Crippen LogP contribution in [0.1, 0.15) is 52.5 Å². The van der Waals surface area contributed by atoms with Gasteiger partial charge in [-0.15, -0.1) is 0 Å². The van der Waals surface area contributed by atoms with E-state index >= 15 is 0 Å². The highest BCUT2D eigenvalue weighted by atomic mass is 16.5. The summed E-state index contributed by atoms with van der Waals surface area (Å²) in [6.07, 6.45) is 1.02. The molecular formula is C22H25N3O4. The van der Waals surface area contributed by atoms with Gasteiger partial charge in [0, 0.05) is 28.9 Å². The number of fused-ring (bicyclic) bond motifs is 1. The second-order valence-corrected chi connectivity index (χ2v) is 7.57. The van der Waals surface area contributed by atoms with Crippen molar-refractivity contribution in [1.82, 2.24) is 14.8 Å². The van der Waals surface area contributed by atoms with Gasteiger partial charge >= 0.3 is 5.97 Å². The van der Waals surface area contributed by atoms with Crippen LogP contribution in [0.3, 0.4) is 0 Å². The molecule has 3 rings (SSSR count). The maximum Gasteiger partial charge on any atom is 0.359 e. The lowest BCUT2D eigenvalue weighted by molar-refractivity contribution is 0.0469. The van der Waals surface area contributed by atoms with Gasteiger partial charge in [-0.2, -0.15) is 5.10 Å². The number of carbonyl (C=O) groups is 2. The lowest BCUT2D eigenvalue weighted by atomic mass is 10.1. The van der Waals surface area contributed by atoms with Crippen LogP contribution in [-0.4, -0.2) is 33.1 Å². The molecule has 0 spiro atoms. The van der Waals surface area contributed by atoms with Crippen LogP contribution in [0, 0.1) is 19.8 Å². The Morgan fingerprint density at radius 1 is 1.17 bits per heavy atom. The van der Waals surface area contributed by atoms with E-state index in [0.29, 0.717) is 22.3 Å². The van der Waals surface area contributed by atoms with E-state index in [4.69, 9.17) is 4.74 Å². The molecule has 0 aliphatic carbocycles. The standard InChI is InChI=1S/C22H25N3O4/c1-13(2)9-10-25-14(3)11-18(15(25)4)19(26)12-29-22(28)20-16-7-5-6-8-17(16)21(27)24-23-20/h5-8,11,13H,9-10,12H2,1-4H3,(H,24,27). The minimum absolute atomic E-state index is 0.0181. The highest BCUT2D eigenvalue weighted by Gasteiger charge is 2.20. The van der Waals surface area contributed by atoms with E-state index in [-0.39, 0.29) is 23.6 Å². The molecule has 0 saturated heterocycles. The second-order valence-electron chi connectivity index (χ2n) is 7.57. The van der Waals surface area contributed by atoms with Gasteiger partial charge in [0.05, 0.1) is 5.39 Å². The lowest BCUT2D eigenvalue weighted by Crippen LogP contribution is -2.19. The lowest BCUT2D eigenvalue weighted by Gasteiger charge is -2.11. The Labute approximate surface area is 168 Å². The van der Waals surface area contributed by atoms with Crippen molar-refractivity contribution in [2.24, 2.45) is 5.92 Å². The molecule has 7 heteroatoms. The Morgan fingerprint density at radius 2 is 1.86 bits per heavy atom. The van der Waals surface area contributed by atoms with E-state index in [1.54, 1.807) is 24.3 Å². The summed E-state index contributed by atoms with van der Waals surface area (Å²) in [5.41, 5.74) is 2.03. The number of nitrogens with one attached hydrogen (secondary N) is 1. The average Bonchev–Trinajstić information content (AvgIpc) is 2.98. The van der Waals surface area contributed by atoms with Crippen LogP contribution in [0.4, 0.5) is 0 Å². The van der Waals surface area contributed by atoms with Crippen LogP contribution in [0.5, 0.6) is 0 Å². The third kappa shape index (κ3) is 4.29. The molecule has 2 aromatic heterocycles. The SMILES string of the molecule is Cc1cc(C(=O)COC(=O)c2n[nH]c(=O)c3ccccc23)c(C)n1CCC(C)C. The third-order valence-electron chi connectivity index (χ3n) is 5.03. The number of hydrogen-bond donors (Lipinski definition) is 1. The van der Waals surface area contributed by atoms with Crippen molar-refractivity contribution in [2.45, 2.75) is 40.7 Å². The summed E-state index contributed by atoms with van der Waals surface area (Å²) in [6.45, 7) is 8.65. The third-order valence-corrected chi connectivity index (χ3v) is 5.03. The van der Waals surface area contributed by atoms with Gasteiger partial charge in [-0.25, -0.2) is 9.89 Å². The molecule has 7 nitrogen and oxygen atoms in total. The molecule has 0 saturated carbocycles. The number of benzene rings is 1. The van der Waals surface area contributed by atoms with Crippen molar-refractivity contribution < 1.29 is 14.3 Å². The Kier molecular flexibility index (Phi) is 5.96. The molecule has 29 heavy (non-hydrogen) atoms. The summed E-state index contributed by atoms with van der Waals surface area (Å²) < 4.78 is 7.33. The molecule has 152 valence electrons. The van der Waals surface area contributed by atoms with E-state index in [9.17, 15) is 14.4 Å². The number of aromatic nitrogens is 3. The number of aryl methyl sites for hydroxylation is 1. The minimum Gasteiger partial charge on any atom is -0.452 e. The quantitative estimate of drug-likeness (QED) is 0.489. The molecule has 0 unspecified atom stereocenters. The summed E-state index contributed by atoms with van der Waals surface area (Å²) in [6, 6.07) is 8.46. The van der Waals surface area contributed by atoms with Crippen molar-refractivity contribution >= 4 is 22.5 Å². The number of H-pyrrole nitrogens is 1. The fourth-order valence-electron chi connectivity index (χ4n) is 3.36. The summed E-state index contributed by atoms with van der Waals surface area (Å²) in [4.78, 5) is 37.0. The first-order valence-corrected chi connectivity index (χ1v) is 9.64. The van der Waals surface area contributed by atoms with Crippen LogP contribution in [0.2, 0.25) is 0 Å². The van der Waals surface area contributed by atoms with Gasteiger partial charge in [0.2, 0.25) is 5.78 Å². The van der Waals surface area contributed by atoms with Crippen LogP contribution in [-0.2, 0) is 11.3 Å². The number of Topliss-reactive ketones (excluding diaryl/α,β-unsaturated/α-hetero) is 1. The first-order chi connectivity index (χ1) is 13.8. The van der Waals surface area contributed by atoms with Gasteiger partial charge in [-0.1, -0.05) is 32.0 Å². The van der Waals surface area contributed by atoms with Crippen molar-refractivity contribution in [3.8, 4) is 0 Å². The predicted molar refractivity (Wildman–Crippen MR) is 110 cm³/mol. The molecule has 3 aromatic rings. The van der Waals surface area contributed by atoms with Crippen LogP contribution in [0.15, 0.2) is 35.1 Å². The fraction of sp³-hybridized carbons (Fsp3) is 0.364. The molecule has 2 heterocycles. The normalized spacial score (nSPS) is 11.2. The Bertz CT molecular complexity index is 1120. The molecule has 0 radical (unpaired) electrons. The zero-order valence-electron chi connectivity index (χ0n) is 17.1. The molecule has 1 N–H and O–H groups in total. The first-order valence-electron chi connectivity index (χ1n) is 9.64. The average molecular weight is 395 g/mol. The number of ketones is 1. The molecule has 0 amide bonds. The number of hydrogen-bond acceptors (Lipinski definition) is 5. The second kappa shape index (κ2) is 8.43. The van der Waals surface area contributed by atoms with Gasteiger partial charge in [-0.05, 0) is 38.3 Å². The van der Waals surface area contributed by atoms with Gasteiger partial charge < -0.3 is 9.30 Å². The summed E-state index contributed by atoms with van der Waals surface area (Å²) in [7, 11) is 0. The van der Waals surface area contributed by atoms with E-state index in [0.717, 1.165) is 24.4 Å². The largest absolute Gasteiger partial charge is 0.452 e. The molecule has 1 aromatic carbocycles. The highest BCUT2D eigenvalue weighted by molar-refractivity contribution is 6.04. The number of esters is 1. The molecule has 0 fully saturated rings. The topological polar surface area (TPSA) is 94.1 Å². The van der Waals surface area contributed by atoms with Crippen LogP contribution >= 0.6 is 0 Å². The van der Waals surface area contributed by atoms with E-state index in [1.165, 1.54) is 0 Å². The number of carbonyl (C=O) groups excluding carboxylic acids is 2. The van der Waals surface area contributed by atoms with Crippen molar-refractivity contribution in [2.75, 3.05) is 6.61 Å². The Hall–Kier alpha value is -3.22. The van der Waals surface area contributed by atoms with Gasteiger partial charge in [0.25, 0.3) is 5.56 Å². The monoisotopic (exact) mass is 395 g/mol. The number of rotatable bonds is 7. The van der Waals surface area contributed by atoms with Gasteiger partial charge in [0.1, 0.15) is 0 Å². The first kappa shape index (κ1) is 20.5. The smallest absolute Gasteiger partial charge is 0.359 e. The maximum atomic E-state index is 12.7. The Balaban J connectivity index is 1.75. The van der Waals surface area contributed by atoms with Crippen LogP contribution < -0.4 is 5.56 Å². The molecule has 0 aliphatic rings. The molecule has 0 atom stereocenters. The van der Waals surface area contributed by atoms with Gasteiger partial charge in [0.15, 0.2) is 12.3 Å². The number of nitrogens with zero attached hydrogens (tertiary/aromatic N) is 2. The van der Waals surface area contributed by atoms with E-state index in [1.807, 2.05) is 19.9 Å². The van der Waals surface area contributed by atoms with Crippen molar-refractivity contribution in [3.63, 3.8) is 0 Å². The highest BCUT2D eigenvalue weighted by Crippen LogP contribution is 2.18. The molecule has 0 aliphatic heterocycles. The maximum absolute atomic E-state index is 12.7. The van der Waals surface area contributed by atoms with Crippen molar-refractivity contribution in [1.29, 1.82) is 0 Å². The minimum atomic E-state index is -0.751. The number of aromatic amines is 1. The van der Waals surface area contributed by atoms with E-state index < -0.39 is 5.97 Å². The summed E-state index contributed by atoms with van der Waals surface area (Å²) in [5.74, 6) is -0.452. The van der Waals surface area contributed by atoms with Crippen LogP contribution in [0.25, 0.3) is 10.8 Å². The Morgan fingerprint density at radius 3 is 2.55 bits per heavy atom. The molecule has 0 bridgehead atoms. The molecular weight excluding hydrogens is 370 g/mol. The van der Waals surface area contributed by atoms with E-state index in [2.05, 4.69) is 28.6 Å². The van der Waals surface area contributed by atoms with Gasteiger partial charge in [-0.3, -0.25) is 9.59 Å². The zero-order valence-corrected chi connectivity index (χ0v) is 17.1. The summed E-state index contributed by atoms with van der Waals surface area (Å²) in [5, 5.41) is 6.83. The summed E-state index contributed by atoms with van der Waals surface area (Å²) >= 11 is 0.